The molecule has 35 heavy (non-hydrogen) atoms. The second kappa shape index (κ2) is 11.5. The summed E-state index contributed by atoms with van der Waals surface area (Å²) in [5.74, 6) is 1.05. The smallest absolute Gasteiger partial charge is 0.273 e. The SMILES string of the molecule is COc1cccc(CN(Cc2nc(C(=O)N[C@H](C)c3ccccc3)co2)[C@H](C)c2ccccc2)c1. The van der Waals surface area contributed by atoms with E-state index in [9.17, 15) is 4.79 Å². The summed E-state index contributed by atoms with van der Waals surface area (Å²) in [5.41, 5.74) is 3.62. The Morgan fingerprint density at radius 3 is 2.31 bits per heavy atom. The van der Waals surface area contributed by atoms with E-state index in [-0.39, 0.29) is 23.7 Å². The van der Waals surface area contributed by atoms with Crippen LogP contribution in [0, 0.1) is 0 Å². The zero-order chi connectivity index (χ0) is 24.6. The lowest BCUT2D eigenvalue weighted by Crippen LogP contribution is -2.28. The first-order valence-corrected chi connectivity index (χ1v) is 11.8. The first-order chi connectivity index (χ1) is 17.0. The van der Waals surface area contributed by atoms with Gasteiger partial charge in [-0.1, -0.05) is 72.8 Å². The average Bonchev–Trinajstić information content (AvgIpc) is 3.38. The van der Waals surface area contributed by atoms with E-state index in [4.69, 9.17) is 9.15 Å². The van der Waals surface area contributed by atoms with Crippen LogP contribution < -0.4 is 10.1 Å². The lowest BCUT2D eigenvalue weighted by Gasteiger charge is -2.28. The summed E-state index contributed by atoms with van der Waals surface area (Å²) in [6.45, 7) is 5.23. The van der Waals surface area contributed by atoms with Crippen LogP contribution in [0.2, 0.25) is 0 Å². The molecule has 0 spiro atoms. The fraction of sp³-hybridized carbons (Fsp3) is 0.241. The number of rotatable bonds is 10. The highest BCUT2D eigenvalue weighted by Gasteiger charge is 2.21. The topological polar surface area (TPSA) is 67.6 Å². The largest absolute Gasteiger partial charge is 0.497 e. The molecule has 180 valence electrons. The number of nitrogens with zero attached hydrogens (tertiary/aromatic N) is 2. The number of ether oxygens (including phenoxy) is 1. The molecule has 0 aliphatic rings. The van der Waals surface area contributed by atoms with E-state index in [2.05, 4.69) is 40.3 Å². The van der Waals surface area contributed by atoms with Gasteiger partial charge in [0.15, 0.2) is 5.69 Å². The molecule has 4 aromatic rings. The van der Waals surface area contributed by atoms with Gasteiger partial charge in [0.25, 0.3) is 5.91 Å². The number of benzene rings is 3. The summed E-state index contributed by atoms with van der Waals surface area (Å²) in [7, 11) is 1.67. The second-order valence-electron chi connectivity index (χ2n) is 8.58. The minimum absolute atomic E-state index is 0.102. The van der Waals surface area contributed by atoms with Crippen molar-refractivity contribution < 1.29 is 13.9 Å². The standard InChI is InChI=1S/C29H31N3O3/c1-21(24-12-6-4-7-13-24)30-29(33)27-20-35-28(31-27)19-32(22(2)25-14-8-5-9-15-25)18-23-11-10-16-26(17-23)34-3/h4-17,20-22H,18-19H2,1-3H3,(H,30,33)/t21-,22-/m1/s1. The second-order valence-corrected chi connectivity index (χ2v) is 8.58. The molecular formula is C29H31N3O3. The Morgan fingerprint density at radius 1 is 0.943 bits per heavy atom. The van der Waals surface area contributed by atoms with Crippen LogP contribution >= 0.6 is 0 Å². The van der Waals surface area contributed by atoms with Crippen molar-refractivity contribution in [2.45, 2.75) is 39.0 Å². The van der Waals surface area contributed by atoms with Gasteiger partial charge in [0.1, 0.15) is 12.0 Å². The van der Waals surface area contributed by atoms with Gasteiger partial charge in [0.2, 0.25) is 5.89 Å². The van der Waals surface area contributed by atoms with Gasteiger partial charge in [-0.15, -0.1) is 0 Å². The van der Waals surface area contributed by atoms with Crippen molar-refractivity contribution in [2.24, 2.45) is 0 Å². The maximum Gasteiger partial charge on any atom is 0.273 e. The number of carbonyl (C=O) groups excluding carboxylic acids is 1. The number of hydrogen-bond acceptors (Lipinski definition) is 5. The molecule has 0 saturated carbocycles. The first kappa shape index (κ1) is 24.2. The molecule has 1 amide bonds. The molecule has 3 aromatic carbocycles. The van der Waals surface area contributed by atoms with Gasteiger partial charge >= 0.3 is 0 Å². The van der Waals surface area contributed by atoms with Crippen LogP contribution in [-0.4, -0.2) is 22.9 Å². The molecule has 4 rings (SSSR count). The minimum atomic E-state index is -0.258. The normalized spacial score (nSPS) is 12.8. The molecular weight excluding hydrogens is 438 g/mol. The van der Waals surface area contributed by atoms with Crippen molar-refractivity contribution in [1.29, 1.82) is 0 Å². The third-order valence-corrected chi connectivity index (χ3v) is 6.12. The lowest BCUT2D eigenvalue weighted by atomic mass is 10.1. The highest BCUT2D eigenvalue weighted by atomic mass is 16.5. The Kier molecular flexibility index (Phi) is 7.95. The summed E-state index contributed by atoms with van der Waals surface area (Å²) in [4.78, 5) is 19.6. The number of oxazole rings is 1. The summed E-state index contributed by atoms with van der Waals surface area (Å²) < 4.78 is 11.1. The van der Waals surface area contributed by atoms with Gasteiger partial charge in [-0.2, -0.15) is 0 Å². The Hall–Kier alpha value is -3.90. The summed E-state index contributed by atoms with van der Waals surface area (Å²) in [6.07, 6.45) is 1.43. The summed E-state index contributed by atoms with van der Waals surface area (Å²) in [5, 5.41) is 2.99. The molecule has 1 N–H and O–H groups in total. The van der Waals surface area contributed by atoms with Crippen molar-refractivity contribution in [3.05, 3.63) is 119 Å². The van der Waals surface area contributed by atoms with Crippen molar-refractivity contribution in [2.75, 3.05) is 7.11 Å². The quantitative estimate of drug-likeness (QED) is 0.311. The van der Waals surface area contributed by atoms with E-state index in [1.165, 1.54) is 11.8 Å². The molecule has 0 fully saturated rings. The van der Waals surface area contributed by atoms with E-state index in [1.807, 2.05) is 73.7 Å². The molecule has 0 unspecified atom stereocenters. The number of methoxy groups -OCH3 is 1. The third-order valence-electron chi connectivity index (χ3n) is 6.12. The Morgan fingerprint density at radius 2 is 1.63 bits per heavy atom. The Bertz CT molecular complexity index is 1220. The van der Waals surface area contributed by atoms with Gasteiger partial charge in [0.05, 0.1) is 19.7 Å². The molecule has 1 aromatic heterocycles. The highest BCUT2D eigenvalue weighted by molar-refractivity contribution is 5.92. The molecule has 6 heteroatoms. The summed E-state index contributed by atoms with van der Waals surface area (Å²) in [6, 6.07) is 28.2. The van der Waals surface area contributed by atoms with Gasteiger partial charge < -0.3 is 14.5 Å². The van der Waals surface area contributed by atoms with E-state index in [0.717, 1.165) is 16.9 Å². The van der Waals surface area contributed by atoms with Crippen LogP contribution in [0.5, 0.6) is 5.75 Å². The van der Waals surface area contributed by atoms with Crippen molar-refractivity contribution in [3.63, 3.8) is 0 Å². The minimum Gasteiger partial charge on any atom is -0.497 e. The van der Waals surface area contributed by atoms with Gasteiger partial charge in [-0.3, -0.25) is 9.69 Å². The van der Waals surface area contributed by atoms with E-state index in [1.54, 1.807) is 7.11 Å². The van der Waals surface area contributed by atoms with Crippen LogP contribution in [0.4, 0.5) is 0 Å². The first-order valence-electron chi connectivity index (χ1n) is 11.8. The maximum absolute atomic E-state index is 12.8. The van der Waals surface area contributed by atoms with Gasteiger partial charge in [-0.05, 0) is 42.7 Å². The average molecular weight is 470 g/mol. The zero-order valence-electron chi connectivity index (χ0n) is 20.3. The third kappa shape index (κ3) is 6.37. The van der Waals surface area contributed by atoms with Crippen molar-refractivity contribution in [3.8, 4) is 5.75 Å². The van der Waals surface area contributed by atoms with E-state index in [0.29, 0.717) is 19.0 Å². The predicted molar refractivity (Wildman–Crippen MR) is 136 cm³/mol. The van der Waals surface area contributed by atoms with Crippen molar-refractivity contribution >= 4 is 5.91 Å². The highest BCUT2D eigenvalue weighted by Crippen LogP contribution is 2.26. The number of amides is 1. The van der Waals surface area contributed by atoms with Crippen molar-refractivity contribution in [1.82, 2.24) is 15.2 Å². The van der Waals surface area contributed by atoms with Gasteiger partial charge in [0, 0.05) is 12.6 Å². The molecule has 0 saturated heterocycles. The number of hydrogen-bond donors (Lipinski definition) is 1. The summed E-state index contributed by atoms with van der Waals surface area (Å²) >= 11 is 0. The van der Waals surface area contributed by atoms with Crippen LogP contribution in [0.25, 0.3) is 0 Å². The van der Waals surface area contributed by atoms with Crippen LogP contribution in [0.1, 0.15) is 59.0 Å². The predicted octanol–water partition coefficient (Wildman–Crippen LogP) is 5.94. The molecule has 1 heterocycles. The molecule has 2 atom stereocenters. The number of nitrogens with one attached hydrogen (secondary N) is 1. The molecule has 0 aliphatic carbocycles. The lowest BCUT2D eigenvalue weighted by molar-refractivity contribution is 0.0934. The molecule has 0 aliphatic heterocycles. The molecule has 6 nitrogen and oxygen atoms in total. The fourth-order valence-electron chi connectivity index (χ4n) is 4.03. The molecule has 0 bridgehead atoms. The zero-order valence-corrected chi connectivity index (χ0v) is 20.3. The fourth-order valence-corrected chi connectivity index (χ4v) is 4.03. The van der Waals surface area contributed by atoms with E-state index >= 15 is 0 Å². The Balaban J connectivity index is 1.50. The maximum atomic E-state index is 12.8. The van der Waals surface area contributed by atoms with Crippen LogP contribution in [0.3, 0.4) is 0 Å². The monoisotopic (exact) mass is 469 g/mol. The van der Waals surface area contributed by atoms with Crippen LogP contribution in [0.15, 0.2) is 95.6 Å². The number of aromatic nitrogens is 1. The molecule has 0 radical (unpaired) electrons. The Labute approximate surface area is 206 Å². The van der Waals surface area contributed by atoms with E-state index < -0.39 is 0 Å². The van der Waals surface area contributed by atoms with Gasteiger partial charge in [-0.25, -0.2) is 4.98 Å². The van der Waals surface area contributed by atoms with Crippen LogP contribution in [-0.2, 0) is 13.1 Å². The number of carbonyl (C=O) groups is 1.